The summed E-state index contributed by atoms with van der Waals surface area (Å²) < 4.78 is 6.24. The third-order valence-corrected chi connectivity index (χ3v) is 3.74. The summed E-state index contributed by atoms with van der Waals surface area (Å²) >= 11 is 3.51. The lowest BCUT2D eigenvalue weighted by atomic mass is 10.0. The van der Waals surface area contributed by atoms with Crippen LogP contribution in [-0.2, 0) is 4.74 Å². The molecule has 2 aromatic rings. The van der Waals surface area contributed by atoms with Crippen LogP contribution in [0.1, 0.15) is 32.4 Å². The summed E-state index contributed by atoms with van der Waals surface area (Å²) in [6, 6.07) is 7.32. The highest BCUT2D eigenvalue weighted by molar-refractivity contribution is 9.10. The molecule has 1 unspecified atom stereocenters. The molecule has 0 saturated carbocycles. The molecule has 0 aliphatic rings. The summed E-state index contributed by atoms with van der Waals surface area (Å²) in [6.45, 7) is 5.72. The Bertz CT molecular complexity index is 683. The van der Waals surface area contributed by atoms with Gasteiger partial charge in [-0.05, 0) is 32.9 Å². The van der Waals surface area contributed by atoms with E-state index in [1.165, 1.54) is 0 Å². The molecule has 1 aromatic carbocycles. The summed E-state index contributed by atoms with van der Waals surface area (Å²) in [6.07, 6.45) is 1.23. The molecule has 2 rings (SSSR count). The van der Waals surface area contributed by atoms with E-state index < -0.39 is 11.7 Å². The largest absolute Gasteiger partial charge is 0.444 e. The average Bonchev–Trinajstić information content (AvgIpc) is 2.44. The zero-order valence-electron chi connectivity index (χ0n) is 12.9. The Kier molecular flexibility index (Phi) is 5.03. The van der Waals surface area contributed by atoms with Crippen LogP contribution in [0, 0.1) is 0 Å². The third kappa shape index (κ3) is 3.96. The molecule has 0 radical (unpaired) electrons. The Morgan fingerprint density at radius 3 is 2.77 bits per heavy atom. The van der Waals surface area contributed by atoms with Crippen molar-refractivity contribution in [3.63, 3.8) is 0 Å². The van der Waals surface area contributed by atoms with Crippen molar-refractivity contribution in [1.82, 2.24) is 10.3 Å². The van der Waals surface area contributed by atoms with Gasteiger partial charge in [0, 0.05) is 28.2 Å². The number of carbonyl (C=O) groups excluding carboxylic acids is 1. The number of pyridine rings is 1. The molecule has 0 spiro atoms. The number of nitrogens with zero attached hydrogens (tertiary/aromatic N) is 1. The van der Waals surface area contributed by atoms with Gasteiger partial charge in [0.05, 0.1) is 11.6 Å². The van der Waals surface area contributed by atoms with Crippen molar-refractivity contribution in [2.45, 2.75) is 32.4 Å². The van der Waals surface area contributed by atoms with Crippen molar-refractivity contribution in [3.8, 4) is 0 Å². The maximum Gasteiger partial charge on any atom is 0.408 e. The second kappa shape index (κ2) is 6.62. The van der Waals surface area contributed by atoms with Crippen molar-refractivity contribution in [2.75, 3.05) is 6.54 Å². The van der Waals surface area contributed by atoms with E-state index >= 15 is 0 Å². The number of nitrogens with two attached hydrogens (primary N) is 1. The Balaban J connectivity index is 2.32. The number of halogens is 1. The number of amides is 1. The Morgan fingerprint density at radius 1 is 1.41 bits per heavy atom. The minimum Gasteiger partial charge on any atom is -0.444 e. The summed E-state index contributed by atoms with van der Waals surface area (Å²) in [4.78, 5) is 16.4. The first-order valence-electron chi connectivity index (χ1n) is 7.04. The normalized spacial score (nSPS) is 13.0. The van der Waals surface area contributed by atoms with Gasteiger partial charge in [-0.25, -0.2) is 4.79 Å². The summed E-state index contributed by atoms with van der Waals surface area (Å²) in [5.74, 6) is 0. The highest BCUT2D eigenvalue weighted by Crippen LogP contribution is 2.28. The van der Waals surface area contributed by atoms with Crippen LogP contribution in [0.25, 0.3) is 10.9 Å². The lowest BCUT2D eigenvalue weighted by Gasteiger charge is -2.23. The van der Waals surface area contributed by atoms with Gasteiger partial charge in [0.1, 0.15) is 5.60 Å². The fourth-order valence-electron chi connectivity index (χ4n) is 2.15. The lowest BCUT2D eigenvalue weighted by Crippen LogP contribution is -2.37. The van der Waals surface area contributed by atoms with Crippen molar-refractivity contribution in [3.05, 3.63) is 40.5 Å². The van der Waals surface area contributed by atoms with Crippen LogP contribution >= 0.6 is 15.9 Å². The van der Waals surface area contributed by atoms with Gasteiger partial charge in [-0.1, -0.05) is 28.1 Å². The molecule has 1 heterocycles. The first kappa shape index (κ1) is 16.7. The smallest absolute Gasteiger partial charge is 0.408 e. The minimum absolute atomic E-state index is 0.256. The van der Waals surface area contributed by atoms with Crippen LogP contribution in [0.4, 0.5) is 4.79 Å². The minimum atomic E-state index is -0.552. The van der Waals surface area contributed by atoms with Crippen LogP contribution in [0.5, 0.6) is 0 Å². The molecule has 22 heavy (non-hydrogen) atoms. The molecule has 0 saturated heterocycles. The third-order valence-electron chi connectivity index (χ3n) is 3.05. The molecule has 1 amide bonds. The number of benzene rings is 1. The van der Waals surface area contributed by atoms with Gasteiger partial charge < -0.3 is 15.8 Å². The molecule has 1 atom stereocenters. The molecule has 0 aliphatic heterocycles. The van der Waals surface area contributed by atoms with Gasteiger partial charge in [-0.2, -0.15) is 0 Å². The number of aromatic nitrogens is 1. The molecule has 3 N–H and O–H groups in total. The van der Waals surface area contributed by atoms with Gasteiger partial charge in [0.25, 0.3) is 0 Å². The van der Waals surface area contributed by atoms with Crippen LogP contribution in [0.15, 0.2) is 34.9 Å². The van der Waals surface area contributed by atoms with Crippen LogP contribution in [0.3, 0.4) is 0 Å². The van der Waals surface area contributed by atoms with E-state index in [2.05, 4.69) is 26.2 Å². The molecule has 0 aliphatic carbocycles. The zero-order valence-corrected chi connectivity index (χ0v) is 14.5. The first-order valence-corrected chi connectivity index (χ1v) is 7.84. The number of fused-ring (bicyclic) bond motifs is 1. The van der Waals surface area contributed by atoms with Crippen LogP contribution in [0.2, 0.25) is 0 Å². The van der Waals surface area contributed by atoms with Crippen molar-refractivity contribution in [2.24, 2.45) is 5.73 Å². The maximum absolute atomic E-state index is 12.0. The van der Waals surface area contributed by atoms with Crippen molar-refractivity contribution < 1.29 is 9.53 Å². The fraction of sp³-hybridized carbons (Fsp3) is 0.375. The lowest BCUT2D eigenvalue weighted by molar-refractivity contribution is 0.0505. The number of carbonyl (C=O) groups is 1. The van der Waals surface area contributed by atoms with Crippen LogP contribution < -0.4 is 11.1 Å². The standard InChI is InChI=1S/C16H20BrN3O2/c1-16(2,3)22-15(21)20-13(9-18)11-6-7-12(17)10-5-4-8-19-14(10)11/h4-8,13H,9,18H2,1-3H3,(H,20,21). The zero-order chi connectivity index (χ0) is 16.3. The molecule has 1 aromatic heterocycles. The molecule has 5 nitrogen and oxygen atoms in total. The van der Waals surface area contributed by atoms with Crippen molar-refractivity contribution in [1.29, 1.82) is 0 Å². The van der Waals surface area contributed by atoms with Gasteiger partial charge in [-0.15, -0.1) is 0 Å². The Morgan fingerprint density at radius 2 is 2.14 bits per heavy atom. The SMILES string of the molecule is CC(C)(C)OC(=O)NC(CN)c1ccc(Br)c2cccnc12. The number of ether oxygens (including phenoxy) is 1. The van der Waals surface area contributed by atoms with Gasteiger partial charge in [0.15, 0.2) is 0 Å². The Labute approximate surface area is 138 Å². The van der Waals surface area contributed by atoms with E-state index in [1.54, 1.807) is 6.20 Å². The van der Waals surface area contributed by atoms with E-state index in [9.17, 15) is 4.79 Å². The summed E-state index contributed by atoms with van der Waals surface area (Å²) in [7, 11) is 0. The predicted molar refractivity (Wildman–Crippen MR) is 90.6 cm³/mol. The second-order valence-electron chi connectivity index (χ2n) is 5.97. The predicted octanol–water partition coefficient (Wildman–Crippen LogP) is 3.52. The van der Waals surface area contributed by atoms with Gasteiger partial charge in [-0.3, -0.25) is 4.98 Å². The van der Waals surface area contributed by atoms with E-state index in [-0.39, 0.29) is 12.6 Å². The Hall–Kier alpha value is -1.66. The van der Waals surface area contributed by atoms with E-state index in [4.69, 9.17) is 10.5 Å². The topological polar surface area (TPSA) is 77.2 Å². The number of rotatable bonds is 3. The molecular weight excluding hydrogens is 346 g/mol. The summed E-state index contributed by atoms with van der Waals surface area (Å²) in [5.41, 5.74) is 6.96. The van der Waals surface area contributed by atoms with E-state index in [0.29, 0.717) is 0 Å². The number of hydrogen-bond donors (Lipinski definition) is 2. The number of alkyl carbamates (subject to hydrolysis) is 1. The fourth-order valence-corrected chi connectivity index (χ4v) is 2.61. The molecular formula is C16H20BrN3O2. The summed E-state index contributed by atoms with van der Waals surface area (Å²) in [5, 5.41) is 3.79. The second-order valence-corrected chi connectivity index (χ2v) is 6.83. The average molecular weight is 366 g/mol. The number of nitrogens with one attached hydrogen (secondary N) is 1. The highest BCUT2D eigenvalue weighted by Gasteiger charge is 2.21. The molecule has 0 fully saturated rings. The molecule has 0 bridgehead atoms. The number of hydrogen-bond acceptors (Lipinski definition) is 4. The first-order chi connectivity index (χ1) is 10.3. The highest BCUT2D eigenvalue weighted by atomic mass is 79.9. The van der Waals surface area contributed by atoms with Gasteiger partial charge >= 0.3 is 6.09 Å². The monoisotopic (exact) mass is 365 g/mol. The maximum atomic E-state index is 12.0. The van der Waals surface area contributed by atoms with Gasteiger partial charge in [0.2, 0.25) is 0 Å². The molecule has 6 heteroatoms. The van der Waals surface area contributed by atoms with Crippen molar-refractivity contribution >= 4 is 32.9 Å². The quantitative estimate of drug-likeness (QED) is 0.871. The van der Waals surface area contributed by atoms with E-state index in [0.717, 1.165) is 20.9 Å². The molecule has 118 valence electrons. The van der Waals surface area contributed by atoms with Crippen LogP contribution in [-0.4, -0.2) is 23.2 Å². The van der Waals surface area contributed by atoms with E-state index in [1.807, 2.05) is 45.0 Å².